The average molecular weight is 234 g/mol. The van der Waals surface area contributed by atoms with Crippen molar-refractivity contribution in [2.24, 2.45) is 0 Å². The van der Waals surface area contributed by atoms with E-state index in [0.29, 0.717) is 0 Å². The summed E-state index contributed by atoms with van der Waals surface area (Å²) >= 11 is 0. The zero-order chi connectivity index (χ0) is 12.5. The minimum Gasteiger partial charge on any atom is -0.510 e. The van der Waals surface area contributed by atoms with Crippen molar-refractivity contribution in [3.63, 3.8) is 0 Å². The third-order valence-electron chi connectivity index (χ3n) is 2.30. The van der Waals surface area contributed by atoms with Crippen LogP contribution in [0.4, 0.5) is 0 Å². The van der Waals surface area contributed by atoms with Crippen molar-refractivity contribution in [3.8, 4) is 0 Å². The van der Waals surface area contributed by atoms with E-state index in [1.165, 1.54) is 0 Å². The number of aliphatic hydroxyl groups is 4. The van der Waals surface area contributed by atoms with Crippen LogP contribution >= 0.6 is 0 Å². The molecular formula is C10H18O6. The summed E-state index contributed by atoms with van der Waals surface area (Å²) in [5.41, 5.74) is 0. The van der Waals surface area contributed by atoms with E-state index in [-0.39, 0.29) is 6.10 Å². The van der Waals surface area contributed by atoms with Gasteiger partial charge in [-0.05, 0) is 13.8 Å². The van der Waals surface area contributed by atoms with Crippen molar-refractivity contribution < 1.29 is 29.9 Å². The van der Waals surface area contributed by atoms with Crippen molar-refractivity contribution in [1.82, 2.24) is 0 Å². The van der Waals surface area contributed by atoms with Gasteiger partial charge in [0.1, 0.15) is 30.2 Å². The van der Waals surface area contributed by atoms with Crippen molar-refractivity contribution in [2.45, 2.75) is 50.7 Å². The first-order valence-electron chi connectivity index (χ1n) is 5.07. The highest BCUT2D eigenvalue weighted by Gasteiger charge is 2.45. The van der Waals surface area contributed by atoms with Crippen LogP contribution in [-0.4, -0.2) is 57.2 Å². The molecular weight excluding hydrogens is 216 g/mol. The van der Waals surface area contributed by atoms with Gasteiger partial charge in [0.05, 0.1) is 6.10 Å². The van der Waals surface area contributed by atoms with E-state index < -0.39 is 36.5 Å². The highest BCUT2D eigenvalue weighted by Crippen LogP contribution is 2.25. The average Bonchev–Trinajstić information content (AvgIpc) is 2.18. The number of hydrogen-bond acceptors (Lipinski definition) is 6. The molecule has 1 unspecified atom stereocenters. The van der Waals surface area contributed by atoms with Gasteiger partial charge in [-0.25, -0.2) is 0 Å². The lowest BCUT2D eigenvalue weighted by molar-refractivity contribution is -0.301. The molecule has 0 aliphatic carbocycles. The molecule has 1 heterocycles. The van der Waals surface area contributed by atoms with Crippen LogP contribution in [0, 0.1) is 0 Å². The Morgan fingerprint density at radius 1 is 1.19 bits per heavy atom. The summed E-state index contributed by atoms with van der Waals surface area (Å²) in [6, 6.07) is 0. The fourth-order valence-corrected chi connectivity index (χ4v) is 1.50. The zero-order valence-corrected chi connectivity index (χ0v) is 9.28. The van der Waals surface area contributed by atoms with Gasteiger partial charge < -0.3 is 29.9 Å². The second kappa shape index (κ2) is 5.11. The Balaban J connectivity index is 2.77. The molecule has 94 valence electrons. The number of aliphatic hydroxyl groups excluding tert-OH is 4. The Bertz CT molecular complexity index is 254. The highest BCUT2D eigenvalue weighted by atomic mass is 16.7. The maximum absolute atomic E-state index is 9.59. The van der Waals surface area contributed by atoms with Crippen LogP contribution in [0.25, 0.3) is 0 Å². The minimum atomic E-state index is -1.45. The standard InChI is InChI=1S/C10H18O6/c1-4(2)15-10-8(14)6(12)7(13)9(16-10)5(3)11/h4,6-14H,3H2,1-2H3/t6-,7-,8+,9+,10?/m0/s1. The second-order valence-electron chi connectivity index (χ2n) is 4.07. The van der Waals surface area contributed by atoms with E-state index in [2.05, 4.69) is 6.58 Å². The molecule has 0 aromatic carbocycles. The molecule has 0 saturated carbocycles. The van der Waals surface area contributed by atoms with Crippen molar-refractivity contribution in [3.05, 3.63) is 12.3 Å². The summed E-state index contributed by atoms with van der Waals surface area (Å²) < 4.78 is 10.3. The van der Waals surface area contributed by atoms with Gasteiger partial charge in [0.15, 0.2) is 6.29 Å². The monoisotopic (exact) mass is 234 g/mol. The molecule has 1 rings (SSSR count). The van der Waals surface area contributed by atoms with Gasteiger partial charge in [-0.2, -0.15) is 0 Å². The van der Waals surface area contributed by atoms with Crippen LogP contribution < -0.4 is 0 Å². The third kappa shape index (κ3) is 2.72. The van der Waals surface area contributed by atoms with Gasteiger partial charge >= 0.3 is 0 Å². The summed E-state index contributed by atoms with van der Waals surface area (Å²) in [6.07, 6.45) is -6.75. The Morgan fingerprint density at radius 3 is 2.19 bits per heavy atom. The molecule has 0 amide bonds. The van der Waals surface area contributed by atoms with E-state index in [1.54, 1.807) is 13.8 Å². The van der Waals surface area contributed by atoms with E-state index in [4.69, 9.17) is 9.47 Å². The summed E-state index contributed by atoms with van der Waals surface area (Å²) in [5, 5.41) is 37.8. The summed E-state index contributed by atoms with van der Waals surface area (Å²) in [5.74, 6) is -0.421. The van der Waals surface area contributed by atoms with Gasteiger partial charge in [-0.1, -0.05) is 6.58 Å². The number of ether oxygens (including phenoxy) is 2. The molecule has 6 heteroatoms. The fourth-order valence-electron chi connectivity index (χ4n) is 1.50. The number of rotatable bonds is 3. The van der Waals surface area contributed by atoms with Crippen LogP contribution in [0.15, 0.2) is 12.3 Å². The zero-order valence-electron chi connectivity index (χ0n) is 9.28. The van der Waals surface area contributed by atoms with Crippen molar-refractivity contribution in [1.29, 1.82) is 0 Å². The van der Waals surface area contributed by atoms with Crippen LogP contribution in [0.5, 0.6) is 0 Å². The smallest absolute Gasteiger partial charge is 0.187 e. The maximum atomic E-state index is 9.59. The van der Waals surface area contributed by atoms with E-state index >= 15 is 0 Å². The molecule has 0 radical (unpaired) electrons. The largest absolute Gasteiger partial charge is 0.510 e. The van der Waals surface area contributed by atoms with Gasteiger partial charge in [-0.15, -0.1) is 0 Å². The van der Waals surface area contributed by atoms with Gasteiger partial charge in [-0.3, -0.25) is 0 Å². The summed E-state index contributed by atoms with van der Waals surface area (Å²) in [7, 11) is 0. The topological polar surface area (TPSA) is 99.4 Å². The van der Waals surface area contributed by atoms with E-state index in [9.17, 15) is 20.4 Å². The molecule has 1 aliphatic heterocycles. The Kier molecular flexibility index (Phi) is 4.28. The Labute approximate surface area is 93.7 Å². The van der Waals surface area contributed by atoms with Gasteiger partial charge in [0, 0.05) is 0 Å². The lowest BCUT2D eigenvalue weighted by atomic mass is 9.98. The molecule has 0 spiro atoms. The minimum absolute atomic E-state index is 0.227. The molecule has 16 heavy (non-hydrogen) atoms. The van der Waals surface area contributed by atoms with Gasteiger partial charge in [0.25, 0.3) is 0 Å². The SMILES string of the molecule is C=C(O)[C@H]1OC(OC(C)C)[C@H](O)[C@@H](O)[C@@H]1O. The van der Waals surface area contributed by atoms with Crippen molar-refractivity contribution in [2.75, 3.05) is 0 Å². The first-order chi connectivity index (χ1) is 7.34. The highest BCUT2D eigenvalue weighted by molar-refractivity contribution is 5.02. The van der Waals surface area contributed by atoms with Crippen LogP contribution in [0.2, 0.25) is 0 Å². The molecule has 4 N–H and O–H groups in total. The summed E-state index contributed by atoms with van der Waals surface area (Å²) in [6.45, 7) is 6.69. The molecule has 0 aromatic rings. The first kappa shape index (κ1) is 13.4. The quantitative estimate of drug-likeness (QED) is 0.481. The third-order valence-corrected chi connectivity index (χ3v) is 2.30. The van der Waals surface area contributed by atoms with E-state index in [1.807, 2.05) is 0 Å². The molecule has 5 atom stereocenters. The molecule has 0 bridgehead atoms. The predicted molar refractivity (Wildman–Crippen MR) is 54.7 cm³/mol. The molecule has 1 saturated heterocycles. The molecule has 0 aromatic heterocycles. The van der Waals surface area contributed by atoms with Crippen LogP contribution in [0.3, 0.4) is 0 Å². The van der Waals surface area contributed by atoms with Crippen LogP contribution in [0.1, 0.15) is 13.8 Å². The predicted octanol–water partition coefficient (Wildman–Crippen LogP) is -0.709. The van der Waals surface area contributed by atoms with Crippen molar-refractivity contribution >= 4 is 0 Å². The first-order valence-corrected chi connectivity index (χ1v) is 5.07. The molecule has 1 fully saturated rings. The normalized spacial score (nSPS) is 40.0. The molecule has 1 aliphatic rings. The van der Waals surface area contributed by atoms with Gasteiger partial charge in [0.2, 0.25) is 0 Å². The van der Waals surface area contributed by atoms with E-state index in [0.717, 1.165) is 0 Å². The number of hydrogen-bond donors (Lipinski definition) is 4. The molecule has 6 nitrogen and oxygen atoms in total. The maximum Gasteiger partial charge on any atom is 0.187 e. The Morgan fingerprint density at radius 2 is 1.75 bits per heavy atom. The lowest BCUT2D eigenvalue weighted by Crippen LogP contribution is -2.58. The lowest BCUT2D eigenvalue weighted by Gasteiger charge is -2.40. The summed E-state index contributed by atoms with van der Waals surface area (Å²) in [4.78, 5) is 0. The van der Waals surface area contributed by atoms with Crippen LogP contribution in [-0.2, 0) is 9.47 Å². The fraction of sp³-hybridized carbons (Fsp3) is 0.800. The second-order valence-corrected chi connectivity index (χ2v) is 4.07. The Hall–Kier alpha value is -0.660.